The molecule has 3 N–H and O–H groups in total. The number of carbonyl (C=O) groups is 1. The number of carbonyl (C=O) groups excluding carboxylic acids is 1. The largest absolute Gasteiger partial charge is 0.322 e. The van der Waals surface area contributed by atoms with Crippen LogP contribution in [0, 0.1) is 5.92 Å². The molecule has 0 bridgehead atoms. The van der Waals surface area contributed by atoms with Crippen LogP contribution in [0.2, 0.25) is 0 Å². The van der Waals surface area contributed by atoms with Gasteiger partial charge in [0.25, 0.3) is 0 Å². The van der Waals surface area contributed by atoms with Gasteiger partial charge in [0.1, 0.15) is 0 Å². The molecule has 0 saturated heterocycles. The van der Waals surface area contributed by atoms with E-state index in [2.05, 4.69) is 10.4 Å². The van der Waals surface area contributed by atoms with E-state index < -0.39 is 6.04 Å². The maximum absolute atomic E-state index is 11.8. The van der Waals surface area contributed by atoms with E-state index in [1.165, 1.54) is 0 Å². The van der Waals surface area contributed by atoms with Gasteiger partial charge in [0.15, 0.2) is 0 Å². The van der Waals surface area contributed by atoms with Gasteiger partial charge in [-0.2, -0.15) is 5.10 Å². The molecule has 2 rings (SSSR count). The highest BCUT2D eigenvalue weighted by Gasteiger charge is 2.17. The first kappa shape index (κ1) is 14.3. The Morgan fingerprint density at radius 1 is 1.35 bits per heavy atom. The van der Waals surface area contributed by atoms with Crippen molar-refractivity contribution < 1.29 is 4.79 Å². The third kappa shape index (κ3) is 3.68. The lowest BCUT2D eigenvalue weighted by Crippen LogP contribution is -2.39. The second kappa shape index (κ2) is 6.34. The van der Waals surface area contributed by atoms with E-state index in [1.807, 2.05) is 44.2 Å². The van der Waals surface area contributed by atoms with Crippen molar-refractivity contribution in [1.82, 2.24) is 9.78 Å². The van der Waals surface area contributed by atoms with Crippen molar-refractivity contribution in [2.24, 2.45) is 11.7 Å². The van der Waals surface area contributed by atoms with Crippen LogP contribution in [0.1, 0.15) is 19.4 Å². The zero-order valence-electron chi connectivity index (χ0n) is 11.8. The lowest BCUT2D eigenvalue weighted by molar-refractivity contribution is -0.118. The van der Waals surface area contributed by atoms with E-state index in [0.29, 0.717) is 12.2 Å². The van der Waals surface area contributed by atoms with Crippen LogP contribution in [0.15, 0.2) is 42.7 Å². The maximum atomic E-state index is 11.8. The molecule has 0 radical (unpaired) electrons. The van der Waals surface area contributed by atoms with Gasteiger partial charge in [-0.15, -0.1) is 0 Å². The molecule has 20 heavy (non-hydrogen) atoms. The standard InChI is InChI=1S/C15H20N4O/c1-11(2)14(16)15(20)18-13-8-17-19(10-13)9-12-6-4-3-5-7-12/h3-8,10-11,14H,9,16H2,1-2H3,(H,18,20). The molecule has 0 fully saturated rings. The summed E-state index contributed by atoms with van der Waals surface area (Å²) >= 11 is 0. The average Bonchev–Trinajstić information content (AvgIpc) is 2.86. The van der Waals surface area contributed by atoms with Crippen LogP contribution in [-0.4, -0.2) is 21.7 Å². The lowest BCUT2D eigenvalue weighted by atomic mass is 10.1. The first-order chi connectivity index (χ1) is 9.56. The van der Waals surface area contributed by atoms with Gasteiger partial charge in [0.2, 0.25) is 5.91 Å². The number of nitrogens with zero attached hydrogens (tertiary/aromatic N) is 2. The highest BCUT2D eigenvalue weighted by atomic mass is 16.2. The molecule has 1 aromatic heterocycles. The van der Waals surface area contributed by atoms with Crippen LogP contribution in [-0.2, 0) is 11.3 Å². The molecule has 5 nitrogen and oxygen atoms in total. The summed E-state index contributed by atoms with van der Waals surface area (Å²) in [5, 5.41) is 7.01. The third-order valence-electron chi connectivity index (χ3n) is 3.11. The third-order valence-corrected chi connectivity index (χ3v) is 3.11. The fraction of sp³-hybridized carbons (Fsp3) is 0.333. The van der Waals surface area contributed by atoms with Crippen molar-refractivity contribution in [2.45, 2.75) is 26.4 Å². The summed E-state index contributed by atoms with van der Waals surface area (Å²) in [6.07, 6.45) is 3.44. The van der Waals surface area contributed by atoms with Crippen LogP contribution < -0.4 is 11.1 Å². The van der Waals surface area contributed by atoms with Gasteiger partial charge in [-0.25, -0.2) is 0 Å². The number of hydrogen-bond acceptors (Lipinski definition) is 3. The Morgan fingerprint density at radius 3 is 2.70 bits per heavy atom. The van der Waals surface area contributed by atoms with Crippen molar-refractivity contribution in [3.05, 3.63) is 48.3 Å². The van der Waals surface area contributed by atoms with Crippen molar-refractivity contribution in [1.29, 1.82) is 0 Å². The monoisotopic (exact) mass is 272 g/mol. The number of rotatable bonds is 5. The first-order valence-electron chi connectivity index (χ1n) is 6.69. The summed E-state index contributed by atoms with van der Waals surface area (Å²) in [4.78, 5) is 11.8. The van der Waals surface area contributed by atoms with Gasteiger partial charge in [0.05, 0.1) is 24.5 Å². The van der Waals surface area contributed by atoms with E-state index in [1.54, 1.807) is 17.1 Å². The Morgan fingerprint density at radius 2 is 2.05 bits per heavy atom. The zero-order valence-corrected chi connectivity index (χ0v) is 11.8. The second-order valence-corrected chi connectivity index (χ2v) is 5.17. The summed E-state index contributed by atoms with van der Waals surface area (Å²) in [5.74, 6) is -0.0753. The Bertz CT molecular complexity index is 562. The summed E-state index contributed by atoms with van der Waals surface area (Å²) in [6, 6.07) is 9.52. The van der Waals surface area contributed by atoms with Gasteiger partial charge in [-0.3, -0.25) is 9.48 Å². The molecule has 1 amide bonds. The van der Waals surface area contributed by atoms with E-state index in [9.17, 15) is 4.79 Å². The average molecular weight is 272 g/mol. The van der Waals surface area contributed by atoms with Crippen LogP contribution in [0.5, 0.6) is 0 Å². The van der Waals surface area contributed by atoms with Crippen LogP contribution >= 0.6 is 0 Å². The Labute approximate surface area is 118 Å². The number of nitrogens with one attached hydrogen (secondary N) is 1. The van der Waals surface area contributed by atoms with Gasteiger partial charge < -0.3 is 11.1 Å². The predicted octanol–water partition coefficient (Wildman–Crippen LogP) is 1.85. The van der Waals surface area contributed by atoms with Crippen molar-refractivity contribution in [2.75, 3.05) is 5.32 Å². The fourth-order valence-electron chi connectivity index (χ4n) is 1.81. The molecule has 1 unspecified atom stereocenters. The second-order valence-electron chi connectivity index (χ2n) is 5.17. The molecule has 1 heterocycles. The highest BCUT2D eigenvalue weighted by Crippen LogP contribution is 2.09. The van der Waals surface area contributed by atoms with E-state index in [4.69, 9.17) is 5.73 Å². The minimum absolute atomic E-state index is 0.106. The molecule has 1 atom stereocenters. The number of amides is 1. The van der Waals surface area contributed by atoms with E-state index >= 15 is 0 Å². The van der Waals surface area contributed by atoms with Crippen molar-refractivity contribution in [3.63, 3.8) is 0 Å². The van der Waals surface area contributed by atoms with Crippen LogP contribution in [0.25, 0.3) is 0 Å². The smallest absolute Gasteiger partial charge is 0.241 e. The minimum Gasteiger partial charge on any atom is -0.322 e. The highest BCUT2D eigenvalue weighted by molar-refractivity contribution is 5.94. The van der Waals surface area contributed by atoms with E-state index in [-0.39, 0.29) is 11.8 Å². The molecule has 5 heteroatoms. The molecule has 0 aliphatic heterocycles. The van der Waals surface area contributed by atoms with Crippen molar-refractivity contribution in [3.8, 4) is 0 Å². The molecule has 0 aliphatic rings. The quantitative estimate of drug-likeness (QED) is 0.872. The van der Waals surface area contributed by atoms with Gasteiger partial charge >= 0.3 is 0 Å². The van der Waals surface area contributed by atoms with Gasteiger partial charge in [-0.05, 0) is 11.5 Å². The summed E-state index contributed by atoms with van der Waals surface area (Å²) in [5.41, 5.74) is 7.63. The Kier molecular flexibility index (Phi) is 4.53. The number of aromatic nitrogens is 2. The molecule has 0 aliphatic carbocycles. The van der Waals surface area contributed by atoms with Gasteiger partial charge in [-0.1, -0.05) is 44.2 Å². The maximum Gasteiger partial charge on any atom is 0.241 e. The molecule has 2 aromatic rings. The predicted molar refractivity (Wildman–Crippen MR) is 79.2 cm³/mol. The topological polar surface area (TPSA) is 72.9 Å². The molecule has 0 saturated carbocycles. The Balaban J connectivity index is 1.97. The number of nitrogens with two attached hydrogens (primary N) is 1. The summed E-state index contributed by atoms with van der Waals surface area (Å²) < 4.78 is 1.78. The lowest BCUT2D eigenvalue weighted by Gasteiger charge is -2.14. The summed E-state index contributed by atoms with van der Waals surface area (Å²) in [7, 11) is 0. The molecule has 106 valence electrons. The molecular formula is C15H20N4O. The number of hydrogen-bond donors (Lipinski definition) is 2. The normalized spacial score (nSPS) is 12.4. The number of anilines is 1. The van der Waals surface area contributed by atoms with Crippen molar-refractivity contribution >= 4 is 11.6 Å². The fourth-order valence-corrected chi connectivity index (χ4v) is 1.81. The molecule has 1 aromatic carbocycles. The summed E-state index contributed by atoms with van der Waals surface area (Å²) in [6.45, 7) is 4.51. The van der Waals surface area contributed by atoms with Crippen LogP contribution in [0.4, 0.5) is 5.69 Å². The van der Waals surface area contributed by atoms with Gasteiger partial charge in [0, 0.05) is 6.20 Å². The first-order valence-corrected chi connectivity index (χ1v) is 6.69. The SMILES string of the molecule is CC(C)C(N)C(=O)Nc1cnn(Cc2ccccc2)c1. The Hall–Kier alpha value is -2.14. The number of benzene rings is 1. The molecule has 0 spiro atoms. The zero-order chi connectivity index (χ0) is 14.5. The molecular weight excluding hydrogens is 252 g/mol. The van der Waals surface area contributed by atoms with Crippen LogP contribution in [0.3, 0.4) is 0 Å². The van der Waals surface area contributed by atoms with E-state index in [0.717, 1.165) is 5.56 Å². The minimum atomic E-state index is -0.507.